The van der Waals surface area contributed by atoms with E-state index >= 15 is 0 Å². The van der Waals surface area contributed by atoms with E-state index in [2.05, 4.69) is 15.2 Å². The number of hydrogen-bond donors (Lipinski definition) is 2. The maximum Gasteiger partial charge on any atom is 0.345 e. The number of hydrogen-bond acceptors (Lipinski definition) is 7. The van der Waals surface area contributed by atoms with Gasteiger partial charge in [0.2, 0.25) is 0 Å². The molecule has 9 nitrogen and oxygen atoms in total. The molecule has 0 aromatic heterocycles. The molecular formula is C29H24ClN3O6S. The van der Waals surface area contributed by atoms with Gasteiger partial charge in [0.15, 0.2) is 11.5 Å². The van der Waals surface area contributed by atoms with Crippen molar-refractivity contribution in [3.8, 4) is 11.5 Å². The predicted molar refractivity (Wildman–Crippen MR) is 153 cm³/mol. The summed E-state index contributed by atoms with van der Waals surface area (Å²) in [6.45, 7) is 1.87. The van der Waals surface area contributed by atoms with Gasteiger partial charge in [0.1, 0.15) is 0 Å². The predicted octanol–water partition coefficient (Wildman–Crippen LogP) is 5.44. The van der Waals surface area contributed by atoms with Gasteiger partial charge >= 0.3 is 5.97 Å². The number of methoxy groups -OCH3 is 1. The van der Waals surface area contributed by atoms with Crippen LogP contribution in [0.2, 0.25) is 5.02 Å². The summed E-state index contributed by atoms with van der Waals surface area (Å²) in [4.78, 5) is 25.1. The number of esters is 1. The summed E-state index contributed by atoms with van der Waals surface area (Å²) >= 11 is 6.06. The molecule has 0 fully saturated rings. The van der Waals surface area contributed by atoms with E-state index in [0.717, 1.165) is 5.56 Å². The zero-order valence-corrected chi connectivity index (χ0v) is 23.0. The molecular weight excluding hydrogens is 554 g/mol. The molecule has 0 saturated carbocycles. The van der Waals surface area contributed by atoms with E-state index < -0.39 is 21.9 Å². The molecule has 0 aliphatic carbocycles. The van der Waals surface area contributed by atoms with Crippen molar-refractivity contribution in [2.75, 3.05) is 11.8 Å². The van der Waals surface area contributed by atoms with Crippen molar-refractivity contribution in [1.29, 1.82) is 0 Å². The number of amides is 1. The molecule has 204 valence electrons. The molecule has 4 aromatic rings. The first-order valence-electron chi connectivity index (χ1n) is 11.8. The van der Waals surface area contributed by atoms with Gasteiger partial charge in [-0.1, -0.05) is 41.4 Å². The average molecular weight is 578 g/mol. The lowest BCUT2D eigenvalue weighted by atomic mass is 10.2. The Kier molecular flexibility index (Phi) is 8.83. The highest BCUT2D eigenvalue weighted by Crippen LogP contribution is 2.29. The van der Waals surface area contributed by atoms with Crippen LogP contribution < -0.4 is 19.6 Å². The second kappa shape index (κ2) is 12.5. The number of carbonyl (C=O) groups excluding carboxylic acids is 2. The molecule has 40 heavy (non-hydrogen) atoms. The first kappa shape index (κ1) is 28.3. The van der Waals surface area contributed by atoms with E-state index in [9.17, 15) is 18.0 Å². The van der Waals surface area contributed by atoms with Crippen LogP contribution in [-0.4, -0.2) is 33.6 Å². The number of carbonyl (C=O) groups is 2. The molecule has 0 saturated heterocycles. The summed E-state index contributed by atoms with van der Waals surface area (Å²) in [5.41, 5.74) is 4.72. The molecule has 0 spiro atoms. The van der Waals surface area contributed by atoms with Gasteiger partial charge in [-0.05, 0) is 79.2 Å². The molecule has 4 aromatic carbocycles. The van der Waals surface area contributed by atoms with Crippen LogP contribution in [-0.2, 0) is 10.0 Å². The summed E-state index contributed by atoms with van der Waals surface area (Å²) in [6, 6.07) is 23.7. The third-order valence-electron chi connectivity index (χ3n) is 5.59. The number of hydrazone groups is 1. The van der Waals surface area contributed by atoms with Crippen LogP contribution >= 0.6 is 11.6 Å². The lowest BCUT2D eigenvalue weighted by Gasteiger charge is -2.10. The molecule has 0 atom stereocenters. The molecule has 4 rings (SSSR count). The second-order valence-electron chi connectivity index (χ2n) is 8.47. The van der Waals surface area contributed by atoms with Crippen LogP contribution in [0, 0.1) is 6.92 Å². The molecule has 0 aliphatic heterocycles. The number of rotatable bonds is 9. The fourth-order valence-corrected chi connectivity index (χ4v) is 4.75. The molecule has 11 heteroatoms. The number of benzene rings is 4. The third-order valence-corrected chi connectivity index (χ3v) is 7.32. The molecule has 0 bridgehead atoms. The molecule has 0 radical (unpaired) electrons. The highest BCUT2D eigenvalue weighted by molar-refractivity contribution is 7.92. The van der Waals surface area contributed by atoms with Crippen LogP contribution in [0.15, 0.2) is 101 Å². The number of nitrogens with zero attached hydrogens (tertiary/aromatic N) is 1. The quantitative estimate of drug-likeness (QED) is 0.118. The zero-order valence-electron chi connectivity index (χ0n) is 21.4. The summed E-state index contributed by atoms with van der Waals surface area (Å²) in [7, 11) is -2.33. The van der Waals surface area contributed by atoms with E-state index in [-0.39, 0.29) is 32.5 Å². The van der Waals surface area contributed by atoms with E-state index in [4.69, 9.17) is 21.1 Å². The SMILES string of the molecule is COc1cc(/C=N/NC(=O)c2ccc(NS(=O)(=O)c3ccc(C)cc3)cc2)ccc1OC(=O)c1ccccc1Cl. The van der Waals surface area contributed by atoms with Crippen LogP contribution in [0.25, 0.3) is 0 Å². The average Bonchev–Trinajstić information content (AvgIpc) is 2.94. The standard InChI is InChI=1S/C29H24ClN3O6S/c1-19-7-14-23(15-8-19)40(36,37)33-22-12-10-21(11-13-22)28(34)32-31-18-20-9-16-26(27(17-20)38-2)39-29(35)24-5-3-4-6-25(24)30/h3-18,33H,1-2H3,(H,32,34)/b31-18+. The molecule has 0 unspecified atom stereocenters. The highest BCUT2D eigenvalue weighted by atomic mass is 35.5. The number of sulfonamides is 1. The lowest BCUT2D eigenvalue weighted by Crippen LogP contribution is -2.18. The van der Waals surface area contributed by atoms with Crippen LogP contribution in [0.5, 0.6) is 11.5 Å². The minimum absolute atomic E-state index is 0.137. The molecule has 1 amide bonds. The van der Waals surface area contributed by atoms with Gasteiger partial charge in [-0.3, -0.25) is 9.52 Å². The third kappa shape index (κ3) is 7.04. The first-order chi connectivity index (χ1) is 19.2. The number of ether oxygens (including phenoxy) is 2. The summed E-state index contributed by atoms with van der Waals surface area (Å²) < 4.78 is 38.3. The Labute approximate surface area is 236 Å². The van der Waals surface area contributed by atoms with E-state index in [1.54, 1.807) is 48.5 Å². The monoisotopic (exact) mass is 577 g/mol. The van der Waals surface area contributed by atoms with E-state index in [1.165, 1.54) is 55.8 Å². The Morgan fingerprint density at radius 3 is 2.27 bits per heavy atom. The Balaban J connectivity index is 1.36. The van der Waals surface area contributed by atoms with Crippen molar-refractivity contribution in [2.45, 2.75) is 11.8 Å². The summed E-state index contributed by atoms with van der Waals surface area (Å²) in [6.07, 6.45) is 1.39. The largest absolute Gasteiger partial charge is 0.493 e. The van der Waals surface area contributed by atoms with E-state index in [0.29, 0.717) is 11.3 Å². The number of halogens is 1. The second-order valence-corrected chi connectivity index (χ2v) is 10.6. The molecule has 0 aliphatic rings. The topological polar surface area (TPSA) is 123 Å². The fraction of sp³-hybridized carbons (Fsp3) is 0.0690. The number of nitrogens with one attached hydrogen (secondary N) is 2. The van der Waals surface area contributed by atoms with Crippen molar-refractivity contribution >= 4 is 45.4 Å². The van der Waals surface area contributed by atoms with Crippen molar-refractivity contribution in [3.05, 3.63) is 118 Å². The Morgan fingerprint density at radius 1 is 0.900 bits per heavy atom. The van der Waals surface area contributed by atoms with Crippen molar-refractivity contribution in [3.63, 3.8) is 0 Å². The van der Waals surface area contributed by atoms with Gasteiger partial charge in [0.25, 0.3) is 15.9 Å². The minimum atomic E-state index is -3.76. The van der Waals surface area contributed by atoms with E-state index in [1.807, 2.05) is 6.92 Å². The van der Waals surface area contributed by atoms with Gasteiger partial charge in [0.05, 0.1) is 28.8 Å². The fourth-order valence-electron chi connectivity index (χ4n) is 3.48. The Morgan fingerprint density at radius 2 is 1.60 bits per heavy atom. The lowest BCUT2D eigenvalue weighted by molar-refractivity contribution is 0.0729. The highest BCUT2D eigenvalue weighted by Gasteiger charge is 2.16. The van der Waals surface area contributed by atoms with Gasteiger partial charge in [-0.15, -0.1) is 0 Å². The van der Waals surface area contributed by atoms with Crippen molar-refractivity contribution in [2.24, 2.45) is 5.10 Å². The molecule has 0 heterocycles. The molecule has 2 N–H and O–H groups in total. The van der Waals surface area contributed by atoms with Gasteiger partial charge in [-0.2, -0.15) is 5.10 Å². The maximum atomic E-state index is 12.6. The zero-order chi connectivity index (χ0) is 28.7. The van der Waals surface area contributed by atoms with Crippen molar-refractivity contribution in [1.82, 2.24) is 5.43 Å². The number of aryl methyl sites for hydroxylation is 1. The van der Waals surface area contributed by atoms with Gasteiger partial charge in [-0.25, -0.2) is 18.6 Å². The Hall–Kier alpha value is -4.67. The Bertz CT molecular complexity index is 1670. The maximum absolute atomic E-state index is 12.6. The van der Waals surface area contributed by atoms with Crippen molar-refractivity contribution < 1.29 is 27.5 Å². The van der Waals surface area contributed by atoms with Crippen LogP contribution in [0.1, 0.15) is 31.8 Å². The number of anilines is 1. The summed E-state index contributed by atoms with van der Waals surface area (Å²) in [5, 5.41) is 4.22. The minimum Gasteiger partial charge on any atom is -0.493 e. The van der Waals surface area contributed by atoms with Crippen LogP contribution in [0.3, 0.4) is 0 Å². The normalized spacial score (nSPS) is 11.2. The van der Waals surface area contributed by atoms with Crippen LogP contribution in [0.4, 0.5) is 5.69 Å². The van der Waals surface area contributed by atoms with Gasteiger partial charge in [0, 0.05) is 11.3 Å². The smallest absolute Gasteiger partial charge is 0.345 e. The van der Waals surface area contributed by atoms with Gasteiger partial charge < -0.3 is 9.47 Å². The summed E-state index contributed by atoms with van der Waals surface area (Å²) in [5.74, 6) is -0.668. The first-order valence-corrected chi connectivity index (χ1v) is 13.7.